The van der Waals surface area contributed by atoms with Crippen LogP contribution in [0.4, 0.5) is 0 Å². The molecule has 1 amide bonds. The lowest BCUT2D eigenvalue weighted by atomic mass is 9.96. The van der Waals surface area contributed by atoms with E-state index in [4.69, 9.17) is 4.99 Å². The van der Waals surface area contributed by atoms with Crippen LogP contribution in [0.15, 0.2) is 4.99 Å². The van der Waals surface area contributed by atoms with Crippen LogP contribution < -0.4 is 5.32 Å². The van der Waals surface area contributed by atoms with Crippen LogP contribution in [0.1, 0.15) is 51.4 Å². The summed E-state index contributed by atoms with van der Waals surface area (Å²) in [4.78, 5) is 23.4. The number of nitrogens with zero attached hydrogens (tertiary/aromatic N) is 4. The molecule has 0 radical (unpaired) electrons. The van der Waals surface area contributed by atoms with Gasteiger partial charge in [-0.15, -0.1) is 0 Å². The van der Waals surface area contributed by atoms with Crippen LogP contribution in [0.2, 0.25) is 0 Å². The summed E-state index contributed by atoms with van der Waals surface area (Å²) in [5.74, 6) is 1.03. The monoisotopic (exact) mass is 349 g/mol. The molecule has 2 heterocycles. The number of likely N-dealkylation sites (N-methyl/N-ethyl adjacent to an activating group) is 1. The number of carbonyl (C=O) groups is 1. The topological polar surface area (TPSA) is 51.2 Å². The van der Waals surface area contributed by atoms with E-state index in [-0.39, 0.29) is 12.5 Å². The molecule has 6 heteroatoms. The number of guanidine groups is 1. The molecule has 0 spiro atoms. The first kappa shape index (κ1) is 18.5. The average Bonchev–Trinajstić information content (AvgIpc) is 3.30. The molecule has 0 unspecified atom stereocenters. The zero-order valence-corrected chi connectivity index (χ0v) is 16.0. The molecule has 1 saturated carbocycles. The Morgan fingerprint density at radius 2 is 1.76 bits per heavy atom. The van der Waals surface area contributed by atoms with Crippen molar-refractivity contribution in [3.8, 4) is 0 Å². The second kappa shape index (κ2) is 8.88. The molecule has 2 aliphatic heterocycles. The predicted octanol–water partition coefficient (Wildman–Crippen LogP) is 1.52. The van der Waals surface area contributed by atoms with Gasteiger partial charge >= 0.3 is 0 Å². The van der Waals surface area contributed by atoms with E-state index in [0.29, 0.717) is 12.1 Å². The fourth-order valence-electron chi connectivity index (χ4n) is 4.29. The SMILES string of the molecule is CN(C)C(=O)CN=C(NC1CCCCC1)N1CC[C@H](N2CCCC2)C1. The minimum Gasteiger partial charge on any atom is -0.353 e. The van der Waals surface area contributed by atoms with E-state index in [1.54, 1.807) is 19.0 Å². The Bertz CT molecular complexity index is 466. The van der Waals surface area contributed by atoms with E-state index < -0.39 is 0 Å². The highest BCUT2D eigenvalue weighted by molar-refractivity contribution is 5.85. The van der Waals surface area contributed by atoms with E-state index in [2.05, 4.69) is 15.1 Å². The standard InChI is InChI=1S/C19H35N5O/c1-22(2)18(25)14-20-19(21-16-8-4-3-5-9-16)24-13-10-17(15-24)23-11-6-7-12-23/h16-17H,3-15H2,1-2H3,(H,20,21)/t17-/m0/s1. The fraction of sp³-hybridized carbons (Fsp3) is 0.895. The van der Waals surface area contributed by atoms with Crippen molar-refractivity contribution in [3.63, 3.8) is 0 Å². The van der Waals surface area contributed by atoms with Crippen LogP contribution in [0.25, 0.3) is 0 Å². The maximum absolute atomic E-state index is 12.0. The molecule has 1 aliphatic carbocycles. The third kappa shape index (κ3) is 5.09. The Morgan fingerprint density at radius 3 is 2.44 bits per heavy atom. The van der Waals surface area contributed by atoms with Crippen molar-refractivity contribution < 1.29 is 4.79 Å². The summed E-state index contributed by atoms with van der Waals surface area (Å²) in [6.45, 7) is 4.85. The Balaban J connectivity index is 1.62. The highest BCUT2D eigenvalue weighted by Crippen LogP contribution is 2.22. The molecule has 2 saturated heterocycles. The predicted molar refractivity (Wildman–Crippen MR) is 102 cm³/mol. The molecule has 0 aromatic rings. The molecule has 1 N–H and O–H groups in total. The summed E-state index contributed by atoms with van der Waals surface area (Å²) < 4.78 is 0. The first-order valence-corrected chi connectivity index (χ1v) is 10.1. The number of nitrogens with one attached hydrogen (secondary N) is 1. The van der Waals surface area contributed by atoms with Crippen LogP contribution in [0, 0.1) is 0 Å². The lowest BCUT2D eigenvalue weighted by Crippen LogP contribution is -2.47. The zero-order chi connectivity index (χ0) is 17.6. The molecular weight excluding hydrogens is 314 g/mol. The Kier molecular flexibility index (Phi) is 6.57. The smallest absolute Gasteiger partial charge is 0.243 e. The average molecular weight is 350 g/mol. The summed E-state index contributed by atoms with van der Waals surface area (Å²) >= 11 is 0. The number of hydrogen-bond acceptors (Lipinski definition) is 3. The number of rotatable bonds is 4. The number of carbonyl (C=O) groups excluding carboxylic acids is 1. The molecule has 0 aromatic carbocycles. The molecule has 0 aromatic heterocycles. The van der Waals surface area contributed by atoms with Gasteiger partial charge in [0.25, 0.3) is 0 Å². The van der Waals surface area contributed by atoms with Crippen molar-refractivity contribution >= 4 is 11.9 Å². The lowest BCUT2D eigenvalue weighted by Gasteiger charge is -2.30. The third-order valence-electron chi connectivity index (χ3n) is 5.92. The van der Waals surface area contributed by atoms with Gasteiger partial charge in [0, 0.05) is 39.3 Å². The van der Waals surface area contributed by atoms with Gasteiger partial charge in [-0.3, -0.25) is 9.69 Å². The Labute approximate surface area is 152 Å². The van der Waals surface area contributed by atoms with Crippen molar-refractivity contribution in [1.82, 2.24) is 20.0 Å². The molecule has 0 bridgehead atoms. The molecule has 1 atom stereocenters. The van der Waals surface area contributed by atoms with Crippen molar-refractivity contribution in [2.24, 2.45) is 4.99 Å². The third-order valence-corrected chi connectivity index (χ3v) is 5.92. The van der Waals surface area contributed by atoms with Crippen LogP contribution in [0.3, 0.4) is 0 Å². The first-order valence-electron chi connectivity index (χ1n) is 10.1. The second-order valence-electron chi connectivity index (χ2n) is 8.04. The van der Waals surface area contributed by atoms with Gasteiger partial charge in [-0.1, -0.05) is 19.3 Å². The van der Waals surface area contributed by atoms with Gasteiger partial charge in [0.2, 0.25) is 5.91 Å². The zero-order valence-electron chi connectivity index (χ0n) is 16.0. The normalized spacial score (nSPS) is 26.2. The Morgan fingerprint density at radius 1 is 1.04 bits per heavy atom. The molecule has 142 valence electrons. The van der Waals surface area contributed by atoms with Crippen molar-refractivity contribution in [2.45, 2.75) is 63.5 Å². The second-order valence-corrected chi connectivity index (χ2v) is 8.04. The van der Waals surface area contributed by atoms with Gasteiger partial charge in [0.1, 0.15) is 6.54 Å². The Hall–Kier alpha value is -1.30. The number of amides is 1. The summed E-state index contributed by atoms with van der Waals surface area (Å²) in [5, 5.41) is 3.69. The minimum absolute atomic E-state index is 0.0678. The quantitative estimate of drug-likeness (QED) is 0.618. The van der Waals surface area contributed by atoms with Crippen molar-refractivity contribution in [1.29, 1.82) is 0 Å². The van der Waals surface area contributed by atoms with Gasteiger partial charge in [-0.25, -0.2) is 4.99 Å². The minimum atomic E-state index is 0.0678. The molecule has 6 nitrogen and oxygen atoms in total. The largest absolute Gasteiger partial charge is 0.353 e. The van der Waals surface area contributed by atoms with Crippen molar-refractivity contribution in [2.75, 3.05) is 46.8 Å². The maximum atomic E-state index is 12.0. The van der Waals surface area contributed by atoms with Gasteiger partial charge in [0.15, 0.2) is 5.96 Å². The number of likely N-dealkylation sites (tertiary alicyclic amines) is 2. The molecule has 3 fully saturated rings. The van der Waals surface area contributed by atoms with Crippen molar-refractivity contribution in [3.05, 3.63) is 0 Å². The van der Waals surface area contributed by atoms with Crippen LogP contribution in [0.5, 0.6) is 0 Å². The van der Waals surface area contributed by atoms with Crippen LogP contribution >= 0.6 is 0 Å². The van der Waals surface area contributed by atoms with Crippen LogP contribution in [-0.4, -0.2) is 85.5 Å². The van der Waals surface area contributed by atoms with Gasteiger partial charge in [0.05, 0.1) is 0 Å². The summed E-state index contributed by atoms with van der Waals surface area (Å²) in [7, 11) is 3.59. The van der Waals surface area contributed by atoms with E-state index >= 15 is 0 Å². The number of hydrogen-bond donors (Lipinski definition) is 1. The highest BCUT2D eigenvalue weighted by Gasteiger charge is 2.31. The first-order chi connectivity index (χ1) is 12.1. The van der Waals surface area contributed by atoms with E-state index in [1.807, 2.05) is 0 Å². The number of aliphatic imine (C=N–C) groups is 1. The molecule has 25 heavy (non-hydrogen) atoms. The highest BCUT2D eigenvalue weighted by atomic mass is 16.2. The van der Waals surface area contributed by atoms with Crippen LogP contribution in [-0.2, 0) is 4.79 Å². The fourth-order valence-corrected chi connectivity index (χ4v) is 4.29. The molecule has 3 rings (SSSR count). The summed E-state index contributed by atoms with van der Waals surface area (Å²) in [6.07, 6.45) is 10.3. The van der Waals surface area contributed by atoms with E-state index in [1.165, 1.54) is 64.5 Å². The van der Waals surface area contributed by atoms with Gasteiger partial charge < -0.3 is 15.1 Å². The van der Waals surface area contributed by atoms with E-state index in [0.717, 1.165) is 19.0 Å². The summed E-state index contributed by atoms with van der Waals surface area (Å²) in [6, 6.07) is 1.18. The molecule has 3 aliphatic rings. The lowest BCUT2D eigenvalue weighted by molar-refractivity contribution is -0.127. The van der Waals surface area contributed by atoms with Gasteiger partial charge in [-0.2, -0.15) is 0 Å². The maximum Gasteiger partial charge on any atom is 0.243 e. The molecular formula is C19H35N5O. The summed E-state index contributed by atoms with van der Waals surface area (Å²) in [5.41, 5.74) is 0. The van der Waals surface area contributed by atoms with E-state index in [9.17, 15) is 4.79 Å². The van der Waals surface area contributed by atoms with Gasteiger partial charge in [-0.05, 0) is 45.2 Å².